The van der Waals surface area contributed by atoms with Gasteiger partial charge in [-0.05, 0) is 67.6 Å². The molecule has 0 atom stereocenters. The maximum Gasteiger partial charge on any atom is 0.416 e. The van der Waals surface area contributed by atoms with E-state index in [4.69, 9.17) is 10.5 Å². The number of nitrogen functional groups attached to an aromatic ring is 1. The van der Waals surface area contributed by atoms with Crippen molar-refractivity contribution in [3.05, 3.63) is 65.6 Å². The Balaban J connectivity index is 1.39. The van der Waals surface area contributed by atoms with Gasteiger partial charge in [-0.1, -0.05) is 0 Å². The van der Waals surface area contributed by atoms with Crippen LogP contribution in [0.4, 0.5) is 35.2 Å². The van der Waals surface area contributed by atoms with Gasteiger partial charge in [-0.2, -0.15) is 13.2 Å². The number of nitrogens with two attached hydrogens (primary N) is 1. The monoisotopic (exact) mass is 496 g/mol. The summed E-state index contributed by atoms with van der Waals surface area (Å²) in [4.78, 5) is 21.1. The van der Waals surface area contributed by atoms with Crippen LogP contribution in [0.3, 0.4) is 0 Å². The zero-order valence-corrected chi connectivity index (χ0v) is 19.3. The molecule has 2 heterocycles. The molecule has 11 heteroatoms. The Morgan fingerprint density at radius 3 is 2.47 bits per heavy atom. The van der Waals surface area contributed by atoms with Gasteiger partial charge in [0.05, 0.1) is 18.2 Å². The molecule has 0 bridgehead atoms. The largest absolute Gasteiger partial charge is 0.497 e. The number of ether oxygens (including phenoxy) is 1. The second-order valence-electron chi connectivity index (χ2n) is 8.50. The number of methoxy groups -OCH3 is 1. The molecule has 8 nitrogen and oxygen atoms in total. The van der Waals surface area contributed by atoms with E-state index < -0.39 is 17.8 Å². The number of hydrogen-bond donors (Lipinski definition) is 3. The summed E-state index contributed by atoms with van der Waals surface area (Å²) in [7, 11) is 1.26. The van der Waals surface area contributed by atoms with Crippen LogP contribution in [-0.4, -0.2) is 27.7 Å². The second kappa shape index (κ2) is 9.06. The Labute approximate surface area is 204 Å². The van der Waals surface area contributed by atoms with E-state index in [1.165, 1.54) is 25.1 Å². The molecule has 1 aliphatic rings. The third-order valence-corrected chi connectivity index (χ3v) is 6.18. The van der Waals surface area contributed by atoms with E-state index in [-0.39, 0.29) is 11.4 Å². The van der Waals surface area contributed by atoms with E-state index in [0.717, 1.165) is 60.2 Å². The molecule has 2 amide bonds. The molecule has 0 unspecified atom stereocenters. The smallest absolute Gasteiger partial charge is 0.416 e. The lowest BCUT2D eigenvalue weighted by molar-refractivity contribution is -0.137. The van der Waals surface area contributed by atoms with E-state index >= 15 is 0 Å². The molecule has 2 aromatic heterocycles. The SMILES string of the molecule is COc1cc(NC(=O)Nc2ccc(-n3c4c(c5ncnc(N)c53)CCCC4)cc2)cc(C(F)(F)F)c1. The first-order chi connectivity index (χ1) is 17.2. The van der Waals surface area contributed by atoms with E-state index in [9.17, 15) is 18.0 Å². The fourth-order valence-electron chi connectivity index (χ4n) is 4.58. The van der Waals surface area contributed by atoms with Crippen LogP contribution < -0.4 is 21.1 Å². The summed E-state index contributed by atoms with van der Waals surface area (Å²) < 4.78 is 46.4. The minimum Gasteiger partial charge on any atom is -0.497 e. The third-order valence-electron chi connectivity index (χ3n) is 6.18. The second-order valence-corrected chi connectivity index (χ2v) is 8.50. The number of rotatable bonds is 4. The third kappa shape index (κ3) is 4.39. The first-order valence-corrected chi connectivity index (χ1v) is 11.3. The minimum absolute atomic E-state index is 0.0185. The molecule has 0 fully saturated rings. The number of anilines is 3. The van der Waals surface area contributed by atoms with E-state index in [0.29, 0.717) is 11.5 Å². The van der Waals surface area contributed by atoms with Crippen molar-refractivity contribution < 1.29 is 22.7 Å². The fraction of sp³-hybridized carbons (Fsp3) is 0.240. The number of carbonyl (C=O) groups excluding carboxylic acids is 1. The van der Waals surface area contributed by atoms with Gasteiger partial charge >= 0.3 is 12.2 Å². The normalized spacial score (nSPS) is 13.3. The Morgan fingerprint density at radius 1 is 1.03 bits per heavy atom. The summed E-state index contributed by atoms with van der Waals surface area (Å²) in [5.74, 6) is 0.377. The van der Waals surface area contributed by atoms with Crippen molar-refractivity contribution in [1.29, 1.82) is 0 Å². The number of alkyl halides is 3. The number of nitrogens with one attached hydrogen (secondary N) is 2. The highest BCUT2D eigenvalue weighted by Gasteiger charge is 2.31. The molecule has 0 spiro atoms. The van der Waals surface area contributed by atoms with Crippen molar-refractivity contribution in [3.63, 3.8) is 0 Å². The van der Waals surface area contributed by atoms with Gasteiger partial charge in [-0.3, -0.25) is 0 Å². The Hall–Kier alpha value is -4.28. The quantitative estimate of drug-likeness (QED) is 0.343. The van der Waals surface area contributed by atoms with Gasteiger partial charge in [0.25, 0.3) is 0 Å². The van der Waals surface area contributed by atoms with Crippen molar-refractivity contribution in [3.8, 4) is 11.4 Å². The van der Waals surface area contributed by atoms with Crippen LogP contribution in [0.25, 0.3) is 16.7 Å². The number of nitrogens with zero attached hydrogens (tertiary/aromatic N) is 3. The van der Waals surface area contributed by atoms with E-state index in [1.807, 2.05) is 12.1 Å². The Kier molecular flexibility index (Phi) is 5.91. The number of halogens is 3. The molecule has 36 heavy (non-hydrogen) atoms. The van der Waals surface area contributed by atoms with Crippen LogP contribution in [0.5, 0.6) is 5.75 Å². The molecule has 5 rings (SSSR count). The van der Waals surface area contributed by atoms with Gasteiger partial charge in [0.2, 0.25) is 0 Å². The zero-order chi connectivity index (χ0) is 25.4. The van der Waals surface area contributed by atoms with Crippen LogP contribution in [0.1, 0.15) is 29.7 Å². The van der Waals surface area contributed by atoms with Gasteiger partial charge < -0.3 is 25.7 Å². The molecule has 0 saturated carbocycles. The molecule has 186 valence electrons. The molecule has 2 aromatic carbocycles. The summed E-state index contributed by atoms with van der Waals surface area (Å²) in [6, 6.07) is 9.43. The molecule has 0 aliphatic heterocycles. The maximum absolute atomic E-state index is 13.1. The van der Waals surface area contributed by atoms with Crippen LogP contribution >= 0.6 is 0 Å². The molecule has 1 aliphatic carbocycles. The first kappa shape index (κ1) is 23.5. The predicted octanol–water partition coefficient (Wildman–Crippen LogP) is 5.55. The summed E-state index contributed by atoms with van der Waals surface area (Å²) in [6.07, 6.45) is 0.877. The molecule has 4 aromatic rings. The Bertz CT molecular complexity index is 1450. The number of aromatic nitrogens is 3. The number of benzene rings is 2. The van der Waals surface area contributed by atoms with Crippen molar-refractivity contribution in [1.82, 2.24) is 14.5 Å². The summed E-state index contributed by atoms with van der Waals surface area (Å²) in [6.45, 7) is 0. The zero-order valence-electron chi connectivity index (χ0n) is 19.3. The van der Waals surface area contributed by atoms with E-state index in [2.05, 4.69) is 25.2 Å². The number of fused-ring (bicyclic) bond motifs is 3. The van der Waals surface area contributed by atoms with Crippen molar-refractivity contribution in [2.75, 3.05) is 23.5 Å². The van der Waals surface area contributed by atoms with Crippen LogP contribution in [0, 0.1) is 0 Å². The molecule has 0 saturated heterocycles. The average molecular weight is 496 g/mol. The van der Waals surface area contributed by atoms with Crippen molar-refractivity contribution in [2.45, 2.75) is 31.9 Å². The molecule has 0 radical (unpaired) electrons. The van der Waals surface area contributed by atoms with E-state index in [1.54, 1.807) is 12.1 Å². The molecular formula is C25H23F3N6O2. The van der Waals surface area contributed by atoms with Gasteiger partial charge in [-0.25, -0.2) is 14.8 Å². The topological polar surface area (TPSA) is 107 Å². The van der Waals surface area contributed by atoms with Crippen molar-refractivity contribution >= 4 is 34.3 Å². The number of aryl methyl sites for hydroxylation is 1. The standard InChI is InChI=1S/C25H23F3N6O2/c1-36-18-11-14(25(26,27)28)10-16(12-18)33-24(35)32-15-6-8-17(9-7-15)34-20-5-3-2-4-19(20)21-22(34)23(29)31-13-30-21/h6-13H,2-5H2,1H3,(H2,29,30,31)(H2,32,33,35). The van der Waals surface area contributed by atoms with Gasteiger partial charge in [0.1, 0.15) is 17.6 Å². The lowest BCUT2D eigenvalue weighted by Gasteiger charge is -2.16. The maximum atomic E-state index is 13.1. The number of urea groups is 1. The Morgan fingerprint density at radius 2 is 1.75 bits per heavy atom. The fourth-order valence-corrected chi connectivity index (χ4v) is 4.58. The summed E-state index contributed by atoms with van der Waals surface area (Å²) in [5.41, 5.74) is 10.5. The van der Waals surface area contributed by atoms with Gasteiger partial charge in [0.15, 0.2) is 5.82 Å². The molecular weight excluding hydrogens is 473 g/mol. The highest BCUT2D eigenvalue weighted by Crippen LogP contribution is 2.36. The van der Waals surface area contributed by atoms with Crippen LogP contribution in [0.2, 0.25) is 0 Å². The summed E-state index contributed by atoms with van der Waals surface area (Å²) >= 11 is 0. The number of carbonyl (C=O) groups is 1. The van der Waals surface area contributed by atoms with Gasteiger partial charge in [-0.15, -0.1) is 0 Å². The van der Waals surface area contributed by atoms with Crippen LogP contribution in [-0.2, 0) is 19.0 Å². The molecule has 4 N–H and O–H groups in total. The van der Waals surface area contributed by atoms with Gasteiger partial charge in [0, 0.05) is 28.8 Å². The average Bonchev–Trinajstić information content (AvgIpc) is 3.19. The minimum atomic E-state index is -4.58. The highest BCUT2D eigenvalue weighted by molar-refractivity contribution is 6.00. The number of amides is 2. The number of hydrogen-bond acceptors (Lipinski definition) is 5. The lowest BCUT2D eigenvalue weighted by Crippen LogP contribution is -2.20. The highest BCUT2D eigenvalue weighted by atomic mass is 19.4. The summed E-state index contributed by atoms with van der Waals surface area (Å²) in [5, 5.41) is 5.06. The first-order valence-electron chi connectivity index (χ1n) is 11.3. The lowest BCUT2D eigenvalue weighted by atomic mass is 9.97. The van der Waals surface area contributed by atoms with Crippen LogP contribution in [0.15, 0.2) is 48.8 Å². The predicted molar refractivity (Wildman–Crippen MR) is 131 cm³/mol. The van der Waals surface area contributed by atoms with Crippen molar-refractivity contribution in [2.24, 2.45) is 0 Å².